The van der Waals surface area contributed by atoms with E-state index < -0.39 is 4.92 Å². The van der Waals surface area contributed by atoms with Crippen molar-refractivity contribution in [3.63, 3.8) is 0 Å². The number of non-ortho nitro benzene ring substituents is 1. The highest BCUT2D eigenvalue weighted by Crippen LogP contribution is 2.24. The zero-order valence-electron chi connectivity index (χ0n) is 15.9. The third-order valence-electron chi connectivity index (χ3n) is 4.79. The van der Waals surface area contributed by atoms with Crippen LogP contribution in [0.1, 0.15) is 17.0 Å². The summed E-state index contributed by atoms with van der Waals surface area (Å²) in [5.74, 6) is 0.399. The molecule has 0 amide bonds. The van der Waals surface area contributed by atoms with Gasteiger partial charge in [-0.3, -0.25) is 19.5 Å². The van der Waals surface area contributed by atoms with Crippen LogP contribution < -0.4 is 5.56 Å². The first kappa shape index (κ1) is 19.5. The van der Waals surface area contributed by atoms with E-state index in [4.69, 9.17) is 11.6 Å². The minimum Gasteiger partial charge on any atom is -0.268 e. The minimum absolute atomic E-state index is 0.00769. The molecule has 4 rings (SSSR count). The number of fused-ring (bicyclic) bond motifs is 1. The molecular formula is C23H16ClN3O3. The molecule has 0 unspecified atom stereocenters. The van der Waals surface area contributed by atoms with Crippen molar-refractivity contribution >= 4 is 40.3 Å². The van der Waals surface area contributed by atoms with Crippen molar-refractivity contribution in [1.82, 2.24) is 9.55 Å². The molecule has 0 radical (unpaired) electrons. The second-order valence-corrected chi connectivity index (χ2v) is 7.10. The fraction of sp³-hybridized carbons (Fsp3) is 0.0435. The zero-order chi connectivity index (χ0) is 21.3. The van der Waals surface area contributed by atoms with Crippen molar-refractivity contribution in [2.24, 2.45) is 0 Å². The number of nitro benzene ring substituents is 1. The van der Waals surface area contributed by atoms with E-state index in [1.54, 1.807) is 54.6 Å². The van der Waals surface area contributed by atoms with Gasteiger partial charge in [0, 0.05) is 17.2 Å². The first-order chi connectivity index (χ1) is 14.5. The van der Waals surface area contributed by atoms with Gasteiger partial charge in [0.1, 0.15) is 5.82 Å². The minimum atomic E-state index is -0.448. The molecule has 0 N–H and O–H groups in total. The second-order valence-electron chi connectivity index (χ2n) is 6.70. The van der Waals surface area contributed by atoms with Crippen LogP contribution in [0.4, 0.5) is 5.69 Å². The van der Waals surface area contributed by atoms with Crippen LogP contribution in [-0.4, -0.2) is 14.5 Å². The molecule has 1 heterocycles. The van der Waals surface area contributed by atoms with Crippen LogP contribution in [0.2, 0.25) is 5.02 Å². The number of nitro groups is 1. The molecule has 3 aromatic carbocycles. The molecule has 0 spiro atoms. The van der Waals surface area contributed by atoms with Gasteiger partial charge in [-0.05, 0) is 48.4 Å². The van der Waals surface area contributed by atoms with Gasteiger partial charge in [-0.2, -0.15) is 0 Å². The first-order valence-electron chi connectivity index (χ1n) is 9.15. The topological polar surface area (TPSA) is 78.0 Å². The Hall–Kier alpha value is -3.77. The molecule has 4 aromatic rings. The normalized spacial score (nSPS) is 11.3. The van der Waals surface area contributed by atoms with E-state index >= 15 is 0 Å². The molecule has 0 aliphatic heterocycles. The lowest BCUT2D eigenvalue weighted by Gasteiger charge is -2.14. The Morgan fingerprint density at radius 3 is 2.60 bits per heavy atom. The summed E-state index contributed by atoms with van der Waals surface area (Å²) < 4.78 is 1.51. The maximum absolute atomic E-state index is 13.3. The largest absolute Gasteiger partial charge is 0.270 e. The van der Waals surface area contributed by atoms with Crippen LogP contribution in [0.15, 0.2) is 71.5 Å². The number of nitrogens with zero attached hydrogens (tertiary/aromatic N) is 3. The predicted molar refractivity (Wildman–Crippen MR) is 119 cm³/mol. The summed E-state index contributed by atoms with van der Waals surface area (Å²) in [5, 5.41) is 12.1. The van der Waals surface area contributed by atoms with Crippen molar-refractivity contribution in [2.75, 3.05) is 0 Å². The van der Waals surface area contributed by atoms with Crippen molar-refractivity contribution < 1.29 is 4.92 Å². The summed E-state index contributed by atoms with van der Waals surface area (Å²) in [6, 6.07) is 18.7. The molecule has 1 aromatic heterocycles. The Bertz CT molecular complexity index is 1380. The highest BCUT2D eigenvalue weighted by atomic mass is 35.5. The van der Waals surface area contributed by atoms with E-state index in [1.165, 1.54) is 16.7 Å². The van der Waals surface area contributed by atoms with Crippen LogP contribution in [0.3, 0.4) is 0 Å². The SMILES string of the molecule is Cc1c(Cl)cccc1-n1c(/C=C/c2cccc([N+](=O)[O-])c2)nc2ccccc2c1=O. The van der Waals surface area contributed by atoms with E-state index in [1.807, 2.05) is 19.1 Å². The van der Waals surface area contributed by atoms with E-state index in [0.717, 1.165) is 5.56 Å². The maximum atomic E-state index is 13.3. The van der Waals surface area contributed by atoms with Gasteiger partial charge in [0.2, 0.25) is 0 Å². The van der Waals surface area contributed by atoms with Crippen LogP contribution in [0.25, 0.3) is 28.7 Å². The summed E-state index contributed by atoms with van der Waals surface area (Å²) >= 11 is 6.29. The summed E-state index contributed by atoms with van der Waals surface area (Å²) in [7, 11) is 0. The summed E-state index contributed by atoms with van der Waals surface area (Å²) in [6.45, 7) is 1.84. The third kappa shape index (κ3) is 3.60. The van der Waals surface area contributed by atoms with Crippen LogP contribution in [0, 0.1) is 17.0 Å². The average molecular weight is 418 g/mol. The van der Waals surface area contributed by atoms with E-state index in [0.29, 0.717) is 33.0 Å². The van der Waals surface area contributed by atoms with Gasteiger partial charge in [0.05, 0.1) is 21.5 Å². The number of halogens is 1. The fourth-order valence-corrected chi connectivity index (χ4v) is 3.42. The summed E-state index contributed by atoms with van der Waals surface area (Å²) in [6.07, 6.45) is 3.37. The molecule has 0 bridgehead atoms. The van der Waals surface area contributed by atoms with Gasteiger partial charge in [-0.25, -0.2) is 4.98 Å². The molecule has 148 valence electrons. The maximum Gasteiger partial charge on any atom is 0.270 e. The summed E-state index contributed by atoms with van der Waals surface area (Å²) in [5.41, 5.74) is 2.35. The van der Waals surface area contributed by atoms with Gasteiger partial charge < -0.3 is 0 Å². The fourth-order valence-electron chi connectivity index (χ4n) is 3.25. The summed E-state index contributed by atoms with van der Waals surface area (Å²) in [4.78, 5) is 28.6. The van der Waals surface area contributed by atoms with Crippen LogP contribution in [-0.2, 0) is 0 Å². The highest BCUT2D eigenvalue weighted by molar-refractivity contribution is 6.31. The number of benzene rings is 3. The van der Waals surface area contributed by atoms with Gasteiger partial charge in [-0.15, -0.1) is 0 Å². The average Bonchev–Trinajstić information content (AvgIpc) is 2.75. The van der Waals surface area contributed by atoms with E-state index in [-0.39, 0.29) is 11.2 Å². The van der Waals surface area contributed by atoms with Crippen molar-refractivity contribution in [2.45, 2.75) is 6.92 Å². The monoisotopic (exact) mass is 417 g/mol. The Labute approximate surface area is 176 Å². The number of hydrogen-bond donors (Lipinski definition) is 0. The van der Waals surface area contributed by atoms with Gasteiger partial charge >= 0.3 is 0 Å². The van der Waals surface area contributed by atoms with Crippen molar-refractivity contribution in [3.05, 3.63) is 109 Å². The molecule has 0 atom stereocenters. The van der Waals surface area contributed by atoms with Gasteiger partial charge in [0.25, 0.3) is 11.2 Å². The smallest absolute Gasteiger partial charge is 0.268 e. The molecule has 30 heavy (non-hydrogen) atoms. The Morgan fingerprint density at radius 2 is 1.80 bits per heavy atom. The number of para-hydroxylation sites is 1. The van der Waals surface area contributed by atoms with Crippen molar-refractivity contribution in [1.29, 1.82) is 0 Å². The second kappa shape index (κ2) is 7.93. The lowest BCUT2D eigenvalue weighted by molar-refractivity contribution is -0.384. The van der Waals surface area contributed by atoms with Gasteiger partial charge in [0.15, 0.2) is 0 Å². The predicted octanol–water partition coefficient (Wildman–Crippen LogP) is 5.43. The molecule has 0 fully saturated rings. The molecule has 0 aliphatic rings. The lowest BCUT2D eigenvalue weighted by Crippen LogP contribution is -2.23. The van der Waals surface area contributed by atoms with Crippen LogP contribution in [0.5, 0.6) is 0 Å². The van der Waals surface area contributed by atoms with E-state index in [2.05, 4.69) is 4.98 Å². The lowest BCUT2D eigenvalue weighted by atomic mass is 10.1. The van der Waals surface area contributed by atoms with Crippen molar-refractivity contribution in [3.8, 4) is 5.69 Å². The third-order valence-corrected chi connectivity index (χ3v) is 5.20. The van der Waals surface area contributed by atoms with Gasteiger partial charge in [-0.1, -0.05) is 48.0 Å². The highest BCUT2D eigenvalue weighted by Gasteiger charge is 2.14. The molecule has 7 heteroatoms. The molecule has 6 nitrogen and oxygen atoms in total. The van der Waals surface area contributed by atoms with E-state index in [9.17, 15) is 14.9 Å². The Morgan fingerprint density at radius 1 is 1.03 bits per heavy atom. The number of aromatic nitrogens is 2. The van der Waals surface area contributed by atoms with Crippen LogP contribution >= 0.6 is 11.6 Å². The first-order valence-corrected chi connectivity index (χ1v) is 9.53. The Balaban J connectivity index is 1.95. The number of hydrogen-bond acceptors (Lipinski definition) is 4. The molecule has 0 saturated heterocycles. The molecule has 0 aliphatic carbocycles. The molecular weight excluding hydrogens is 402 g/mol. The number of rotatable bonds is 4. The molecule has 0 saturated carbocycles. The standard InChI is InChI=1S/C23H16ClN3O3/c1-15-19(24)9-5-11-21(15)26-22(25-20-10-3-2-8-18(20)23(26)28)13-12-16-6-4-7-17(14-16)27(29)30/h2-14H,1H3/b13-12+. The quantitative estimate of drug-likeness (QED) is 0.328. The Kier molecular flexibility index (Phi) is 5.16. The zero-order valence-corrected chi connectivity index (χ0v) is 16.7.